The van der Waals surface area contributed by atoms with Crippen molar-refractivity contribution in [3.05, 3.63) is 33.6 Å². The standard InChI is InChI=1S/C11H12BrClN4O/c1-6(14-2)10-16-17-11(18-10)15-7-3-4-9(13)8(12)5-7/h3-6,14H,1-2H3,(H,15,17). The third-order valence-corrected chi connectivity index (χ3v) is 3.63. The van der Waals surface area contributed by atoms with E-state index in [4.69, 9.17) is 16.0 Å². The normalized spacial score (nSPS) is 12.4. The monoisotopic (exact) mass is 330 g/mol. The molecular weight excluding hydrogens is 320 g/mol. The fourth-order valence-corrected chi connectivity index (χ4v) is 1.78. The molecule has 2 aromatic rings. The number of nitrogens with zero attached hydrogens (tertiary/aromatic N) is 2. The number of benzene rings is 1. The molecule has 0 spiro atoms. The van der Waals surface area contributed by atoms with Crippen molar-refractivity contribution in [2.45, 2.75) is 13.0 Å². The van der Waals surface area contributed by atoms with E-state index in [0.717, 1.165) is 10.2 Å². The van der Waals surface area contributed by atoms with Crippen LogP contribution in [0, 0.1) is 0 Å². The third kappa shape index (κ3) is 3.01. The summed E-state index contributed by atoms with van der Waals surface area (Å²) >= 11 is 9.26. The van der Waals surface area contributed by atoms with Crippen LogP contribution in [0.15, 0.2) is 27.1 Å². The van der Waals surface area contributed by atoms with Gasteiger partial charge in [-0.05, 0) is 48.1 Å². The second-order valence-corrected chi connectivity index (χ2v) is 4.97. The second-order valence-electron chi connectivity index (χ2n) is 3.71. The zero-order valence-corrected chi connectivity index (χ0v) is 12.2. The minimum absolute atomic E-state index is 0.0185. The van der Waals surface area contributed by atoms with Crippen molar-refractivity contribution in [1.82, 2.24) is 15.5 Å². The maximum absolute atomic E-state index is 5.91. The van der Waals surface area contributed by atoms with Crippen molar-refractivity contribution in [3.8, 4) is 0 Å². The average molecular weight is 332 g/mol. The number of hydrogen-bond acceptors (Lipinski definition) is 5. The van der Waals surface area contributed by atoms with E-state index in [1.807, 2.05) is 26.1 Å². The Bertz CT molecular complexity index is 546. The van der Waals surface area contributed by atoms with E-state index >= 15 is 0 Å². The molecule has 0 saturated carbocycles. The van der Waals surface area contributed by atoms with Gasteiger partial charge in [0.25, 0.3) is 0 Å². The van der Waals surface area contributed by atoms with Gasteiger partial charge in [0.1, 0.15) is 0 Å². The van der Waals surface area contributed by atoms with Crippen LogP contribution in [-0.4, -0.2) is 17.2 Å². The van der Waals surface area contributed by atoms with Crippen LogP contribution in [0.25, 0.3) is 0 Å². The smallest absolute Gasteiger partial charge is 0.320 e. The van der Waals surface area contributed by atoms with Gasteiger partial charge in [-0.3, -0.25) is 0 Å². The molecule has 5 nitrogen and oxygen atoms in total. The molecule has 0 aliphatic heterocycles. The van der Waals surface area contributed by atoms with Gasteiger partial charge in [-0.1, -0.05) is 16.7 Å². The van der Waals surface area contributed by atoms with E-state index in [2.05, 4.69) is 36.8 Å². The van der Waals surface area contributed by atoms with E-state index in [1.165, 1.54) is 0 Å². The first kappa shape index (κ1) is 13.3. The molecule has 1 aromatic carbocycles. The third-order valence-electron chi connectivity index (χ3n) is 2.41. The number of hydrogen-bond donors (Lipinski definition) is 2. The summed E-state index contributed by atoms with van der Waals surface area (Å²) in [6.07, 6.45) is 0. The van der Waals surface area contributed by atoms with Crippen LogP contribution in [0.3, 0.4) is 0 Å². The van der Waals surface area contributed by atoms with Crippen LogP contribution in [-0.2, 0) is 0 Å². The minimum atomic E-state index is 0.0185. The summed E-state index contributed by atoms with van der Waals surface area (Å²) in [5, 5.41) is 14.5. The van der Waals surface area contributed by atoms with Crippen LogP contribution in [0.2, 0.25) is 5.02 Å². The molecule has 2 rings (SSSR count). The fourth-order valence-electron chi connectivity index (χ4n) is 1.28. The molecule has 0 saturated heterocycles. The quantitative estimate of drug-likeness (QED) is 0.897. The van der Waals surface area contributed by atoms with Crippen LogP contribution < -0.4 is 10.6 Å². The molecule has 0 radical (unpaired) electrons. The van der Waals surface area contributed by atoms with Gasteiger partial charge in [0.15, 0.2) is 0 Å². The molecule has 1 heterocycles. The lowest BCUT2D eigenvalue weighted by molar-refractivity contribution is 0.443. The maximum atomic E-state index is 5.91. The Morgan fingerprint density at radius 3 is 2.83 bits per heavy atom. The summed E-state index contributed by atoms with van der Waals surface area (Å²) < 4.78 is 6.27. The molecule has 2 N–H and O–H groups in total. The molecule has 7 heteroatoms. The van der Waals surface area contributed by atoms with Crippen molar-refractivity contribution < 1.29 is 4.42 Å². The Hall–Kier alpha value is -1.11. The lowest BCUT2D eigenvalue weighted by Gasteiger charge is -2.04. The summed E-state index contributed by atoms with van der Waals surface area (Å²) in [7, 11) is 1.83. The first-order chi connectivity index (χ1) is 8.60. The fraction of sp³-hybridized carbons (Fsp3) is 0.273. The summed E-state index contributed by atoms with van der Waals surface area (Å²) in [4.78, 5) is 0. The zero-order valence-electron chi connectivity index (χ0n) is 9.87. The predicted octanol–water partition coefficient (Wildman–Crippen LogP) is 3.51. The van der Waals surface area contributed by atoms with Gasteiger partial charge in [-0.2, -0.15) is 0 Å². The summed E-state index contributed by atoms with van der Waals surface area (Å²) in [6.45, 7) is 1.94. The Kier molecular flexibility index (Phi) is 4.21. The SMILES string of the molecule is CNC(C)c1nnc(Nc2ccc(Cl)c(Br)c2)o1. The van der Waals surface area contributed by atoms with Gasteiger partial charge in [0.05, 0.1) is 11.1 Å². The molecule has 0 amide bonds. The summed E-state index contributed by atoms with van der Waals surface area (Å²) in [5.41, 5.74) is 0.818. The van der Waals surface area contributed by atoms with Crippen LogP contribution in [0.1, 0.15) is 18.9 Å². The number of aromatic nitrogens is 2. The summed E-state index contributed by atoms with van der Waals surface area (Å²) in [5.74, 6) is 0.535. The van der Waals surface area contributed by atoms with E-state index in [0.29, 0.717) is 16.9 Å². The predicted molar refractivity (Wildman–Crippen MR) is 74.2 cm³/mol. The first-order valence-corrected chi connectivity index (χ1v) is 6.50. The van der Waals surface area contributed by atoms with Crippen LogP contribution in [0.5, 0.6) is 0 Å². The Balaban J connectivity index is 2.13. The molecule has 0 fully saturated rings. The number of halogens is 2. The molecule has 96 valence electrons. The van der Waals surface area contributed by atoms with Gasteiger partial charge in [-0.25, -0.2) is 0 Å². The minimum Gasteiger partial charge on any atom is -0.406 e. The number of anilines is 2. The van der Waals surface area contributed by atoms with E-state index < -0.39 is 0 Å². The highest BCUT2D eigenvalue weighted by atomic mass is 79.9. The number of nitrogens with one attached hydrogen (secondary N) is 2. The van der Waals surface area contributed by atoms with Crippen LogP contribution in [0.4, 0.5) is 11.7 Å². The van der Waals surface area contributed by atoms with E-state index in [9.17, 15) is 0 Å². The Labute approximate surface area is 118 Å². The second kappa shape index (κ2) is 5.69. The van der Waals surface area contributed by atoms with Crippen molar-refractivity contribution >= 4 is 39.2 Å². The van der Waals surface area contributed by atoms with Crippen molar-refractivity contribution in [2.24, 2.45) is 0 Å². The molecule has 18 heavy (non-hydrogen) atoms. The van der Waals surface area contributed by atoms with Crippen molar-refractivity contribution in [3.63, 3.8) is 0 Å². The number of rotatable bonds is 4. The van der Waals surface area contributed by atoms with E-state index in [-0.39, 0.29) is 6.04 Å². The largest absolute Gasteiger partial charge is 0.406 e. The maximum Gasteiger partial charge on any atom is 0.320 e. The molecule has 1 atom stereocenters. The highest BCUT2D eigenvalue weighted by Gasteiger charge is 2.12. The van der Waals surface area contributed by atoms with E-state index in [1.54, 1.807) is 6.07 Å². The highest BCUT2D eigenvalue weighted by molar-refractivity contribution is 9.10. The van der Waals surface area contributed by atoms with Gasteiger partial charge in [0.2, 0.25) is 5.89 Å². The lowest BCUT2D eigenvalue weighted by Crippen LogP contribution is -2.12. The van der Waals surface area contributed by atoms with Crippen molar-refractivity contribution in [1.29, 1.82) is 0 Å². The van der Waals surface area contributed by atoms with Crippen LogP contribution >= 0.6 is 27.5 Å². The molecule has 0 aliphatic carbocycles. The Morgan fingerprint density at radius 1 is 1.39 bits per heavy atom. The molecule has 0 aliphatic rings. The highest BCUT2D eigenvalue weighted by Crippen LogP contribution is 2.27. The first-order valence-electron chi connectivity index (χ1n) is 5.33. The van der Waals surface area contributed by atoms with Gasteiger partial charge >= 0.3 is 6.01 Å². The Morgan fingerprint density at radius 2 is 2.17 bits per heavy atom. The zero-order chi connectivity index (χ0) is 13.1. The average Bonchev–Trinajstić information content (AvgIpc) is 2.81. The molecule has 1 aromatic heterocycles. The van der Waals surface area contributed by atoms with Gasteiger partial charge in [-0.15, -0.1) is 5.10 Å². The molecule has 0 bridgehead atoms. The molecule has 1 unspecified atom stereocenters. The topological polar surface area (TPSA) is 63.0 Å². The molecular formula is C11H12BrClN4O. The van der Waals surface area contributed by atoms with Crippen molar-refractivity contribution in [2.75, 3.05) is 12.4 Å². The van der Waals surface area contributed by atoms with Gasteiger partial charge in [0, 0.05) is 10.2 Å². The summed E-state index contributed by atoms with van der Waals surface area (Å²) in [6, 6.07) is 5.82. The van der Waals surface area contributed by atoms with Gasteiger partial charge < -0.3 is 15.1 Å². The lowest BCUT2D eigenvalue weighted by atomic mass is 10.3.